The fraction of sp³-hybridized carbons (Fsp3) is 0.588. The predicted molar refractivity (Wildman–Crippen MR) is 80.2 cm³/mol. The van der Waals surface area contributed by atoms with Gasteiger partial charge in [0, 0.05) is 20.8 Å². The van der Waals surface area contributed by atoms with Crippen molar-refractivity contribution in [3.05, 3.63) is 35.4 Å². The van der Waals surface area contributed by atoms with Crippen LogP contribution < -0.4 is 0 Å². The molecule has 3 atom stereocenters. The Bertz CT molecular complexity index is 610. The van der Waals surface area contributed by atoms with Crippen molar-refractivity contribution in [3.8, 4) is 0 Å². The van der Waals surface area contributed by atoms with Crippen LogP contribution in [0.4, 0.5) is 8.78 Å². The summed E-state index contributed by atoms with van der Waals surface area (Å²) in [7, 11) is 3.30. The standard InChI is InChI=1S/C17H21F2NO3/c1-22-12-5-6-17(23-2)7-8-20(15(17)10-12)16(21)13-9-11(18)3-4-14(13)19/h3-4,9,12,15H,5-8,10H2,1-2H3/t12-,15+,17-/m1/s1. The summed E-state index contributed by atoms with van der Waals surface area (Å²) < 4.78 is 38.5. The third-order valence-corrected chi connectivity index (χ3v) is 5.29. The summed E-state index contributed by atoms with van der Waals surface area (Å²) in [6.45, 7) is 0.476. The van der Waals surface area contributed by atoms with Crippen molar-refractivity contribution < 1.29 is 23.0 Å². The lowest BCUT2D eigenvalue weighted by Gasteiger charge is -2.43. The molecule has 3 rings (SSSR count). The number of methoxy groups -OCH3 is 2. The first-order valence-corrected chi connectivity index (χ1v) is 7.85. The minimum atomic E-state index is -0.703. The highest BCUT2D eigenvalue weighted by Crippen LogP contribution is 2.43. The predicted octanol–water partition coefficient (Wildman–Crippen LogP) is 2.76. The minimum absolute atomic E-state index is 0.0500. The van der Waals surface area contributed by atoms with E-state index in [2.05, 4.69) is 0 Å². The normalized spacial score (nSPS) is 30.3. The van der Waals surface area contributed by atoms with Crippen molar-refractivity contribution in [2.24, 2.45) is 0 Å². The van der Waals surface area contributed by atoms with Gasteiger partial charge in [0.05, 0.1) is 23.3 Å². The van der Waals surface area contributed by atoms with Gasteiger partial charge in [0.1, 0.15) is 11.6 Å². The molecule has 1 aromatic carbocycles. The lowest BCUT2D eigenvalue weighted by molar-refractivity contribution is -0.0894. The molecule has 1 saturated carbocycles. The number of carbonyl (C=O) groups excluding carboxylic acids is 1. The topological polar surface area (TPSA) is 38.8 Å². The van der Waals surface area contributed by atoms with Crippen LogP contribution in [0.5, 0.6) is 0 Å². The van der Waals surface area contributed by atoms with Gasteiger partial charge in [-0.2, -0.15) is 0 Å². The van der Waals surface area contributed by atoms with E-state index in [-0.39, 0.29) is 17.7 Å². The lowest BCUT2D eigenvalue weighted by Crippen LogP contribution is -2.53. The molecule has 4 nitrogen and oxygen atoms in total. The molecule has 0 bridgehead atoms. The molecule has 2 fully saturated rings. The second-order valence-corrected chi connectivity index (χ2v) is 6.29. The summed E-state index contributed by atoms with van der Waals surface area (Å²) in [5.74, 6) is -1.81. The van der Waals surface area contributed by atoms with Crippen LogP contribution in [0.15, 0.2) is 18.2 Å². The van der Waals surface area contributed by atoms with Gasteiger partial charge in [-0.1, -0.05) is 0 Å². The lowest BCUT2D eigenvalue weighted by atomic mass is 9.79. The largest absolute Gasteiger partial charge is 0.381 e. The molecule has 1 heterocycles. The fourth-order valence-electron chi connectivity index (χ4n) is 3.94. The minimum Gasteiger partial charge on any atom is -0.381 e. The van der Waals surface area contributed by atoms with E-state index in [1.807, 2.05) is 0 Å². The van der Waals surface area contributed by atoms with Gasteiger partial charge < -0.3 is 14.4 Å². The first kappa shape index (κ1) is 16.3. The second kappa shape index (κ2) is 6.17. The maximum Gasteiger partial charge on any atom is 0.257 e. The van der Waals surface area contributed by atoms with Crippen LogP contribution in [0.25, 0.3) is 0 Å². The van der Waals surface area contributed by atoms with Gasteiger partial charge in [-0.25, -0.2) is 8.78 Å². The van der Waals surface area contributed by atoms with Crippen LogP contribution >= 0.6 is 0 Å². The molecule has 0 aromatic heterocycles. The Hall–Kier alpha value is -1.53. The molecule has 2 aliphatic rings. The zero-order chi connectivity index (χ0) is 16.6. The van der Waals surface area contributed by atoms with Crippen LogP contribution in [0, 0.1) is 11.6 Å². The van der Waals surface area contributed by atoms with Crippen molar-refractivity contribution in [3.63, 3.8) is 0 Å². The first-order valence-electron chi connectivity index (χ1n) is 7.85. The molecule has 1 aliphatic heterocycles. The number of hydrogen-bond acceptors (Lipinski definition) is 3. The zero-order valence-electron chi connectivity index (χ0n) is 13.4. The molecule has 1 aliphatic carbocycles. The van der Waals surface area contributed by atoms with E-state index in [9.17, 15) is 13.6 Å². The quantitative estimate of drug-likeness (QED) is 0.858. The highest BCUT2D eigenvalue weighted by Gasteiger charge is 2.52. The molecule has 0 radical (unpaired) electrons. The second-order valence-electron chi connectivity index (χ2n) is 6.29. The van der Waals surface area contributed by atoms with Crippen molar-refractivity contribution in [1.29, 1.82) is 0 Å². The van der Waals surface area contributed by atoms with Crippen LogP contribution in [-0.2, 0) is 9.47 Å². The molecule has 1 aromatic rings. The number of amides is 1. The number of fused-ring (bicyclic) bond motifs is 1. The number of benzene rings is 1. The van der Waals surface area contributed by atoms with Crippen LogP contribution in [0.3, 0.4) is 0 Å². The molecule has 0 N–H and O–H groups in total. The Morgan fingerprint density at radius 1 is 1.30 bits per heavy atom. The van der Waals surface area contributed by atoms with Crippen LogP contribution in [-0.4, -0.2) is 49.3 Å². The summed E-state index contributed by atoms with van der Waals surface area (Å²) in [5, 5.41) is 0. The van der Waals surface area contributed by atoms with E-state index in [0.717, 1.165) is 31.0 Å². The Labute approximate surface area is 134 Å². The highest BCUT2D eigenvalue weighted by atomic mass is 19.1. The molecule has 0 unspecified atom stereocenters. The van der Waals surface area contributed by atoms with Gasteiger partial charge >= 0.3 is 0 Å². The van der Waals surface area contributed by atoms with Gasteiger partial charge in [-0.15, -0.1) is 0 Å². The summed E-state index contributed by atoms with van der Waals surface area (Å²) in [4.78, 5) is 14.4. The van der Waals surface area contributed by atoms with Crippen LogP contribution in [0.1, 0.15) is 36.0 Å². The van der Waals surface area contributed by atoms with Crippen molar-refractivity contribution in [2.45, 2.75) is 43.4 Å². The van der Waals surface area contributed by atoms with Crippen molar-refractivity contribution >= 4 is 5.91 Å². The Balaban J connectivity index is 1.90. The van der Waals surface area contributed by atoms with Crippen molar-refractivity contribution in [2.75, 3.05) is 20.8 Å². The Kier molecular flexibility index (Phi) is 4.38. The van der Waals surface area contributed by atoms with Crippen molar-refractivity contribution in [1.82, 2.24) is 4.90 Å². The number of rotatable bonds is 3. The molecular weight excluding hydrogens is 304 g/mol. The van der Waals surface area contributed by atoms with E-state index in [0.29, 0.717) is 19.4 Å². The third kappa shape index (κ3) is 2.74. The molecule has 23 heavy (non-hydrogen) atoms. The molecule has 1 saturated heterocycles. The van der Waals surface area contributed by atoms with Gasteiger partial charge in [0.2, 0.25) is 0 Å². The molecule has 126 valence electrons. The van der Waals surface area contributed by atoms with Gasteiger partial charge in [0.25, 0.3) is 5.91 Å². The van der Waals surface area contributed by atoms with E-state index < -0.39 is 23.1 Å². The van der Waals surface area contributed by atoms with Gasteiger partial charge in [0.15, 0.2) is 0 Å². The fourth-order valence-corrected chi connectivity index (χ4v) is 3.94. The Morgan fingerprint density at radius 2 is 2.09 bits per heavy atom. The third-order valence-electron chi connectivity index (χ3n) is 5.29. The maximum atomic E-state index is 13.9. The van der Waals surface area contributed by atoms with E-state index in [4.69, 9.17) is 9.47 Å². The average Bonchev–Trinajstić information content (AvgIpc) is 2.95. The summed E-state index contributed by atoms with van der Waals surface area (Å²) in [6.07, 6.45) is 3.06. The van der Waals surface area contributed by atoms with Gasteiger partial charge in [-0.05, 0) is 43.9 Å². The zero-order valence-corrected chi connectivity index (χ0v) is 13.4. The number of hydrogen-bond donors (Lipinski definition) is 0. The number of ether oxygens (including phenoxy) is 2. The number of likely N-dealkylation sites (tertiary alicyclic amines) is 1. The SMILES string of the molecule is CO[C@@H]1CC[C@@]2(OC)CCN(C(=O)c3cc(F)ccc3F)[C@H]2C1. The monoisotopic (exact) mass is 325 g/mol. The number of carbonyl (C=O) groups is 1. The van der Waals surface area contributed by atoms with Crippen LogP contribution in [0.2, 0.25) is 0 Å². The van der Waals surface area contributed by atoms with E-state index in [1.54, 1.807) is 19.1 Å². The number of nitrogens with zero attached hydrogens (tertiary/aromatic N) is 1. The smallest absolute Gasteiger partial charge is 0.257 e. The average molecular weight is 325 g/mol. The molecular formula is C17H21F2NO3. The van der Waals surface area contributed by atoms with E-state index in [1.165, 1.54) is 0 Å². The molecule has 6 heteroatoms. The molecule has 1 amide bonds. The van der Waals surface area contributed by atoms with E-state index >= 15 is 0 Å². The number of halogens is 2. The molecule has 0 spiro atoms. The summed E-state index contributed by atoms with van der Waals surface area (Å²) in [6, 6.07) is 2.78. The van der Waals surface area contributed by atoms with Gasteiger partial charge in [-0.3, -0.25) is 4.79 Å². The summed E-state index contributed by atoms with van der Waals surface area (Å²) >= 11 is 0. The maximum absolute atomic E-state index is 13.9. The Morgan fingerprint density at radius 3 is 2.78 bits per heavy atom. The highest BCUT2D eigenvalue weighted by molar-refractivity contribution is 5.95. The summed E-state index contributed by atoms with van der Waals surface area (Å²) in [5.41, 5.74) is -0.634. The first-order chi connectivity index (χ1) is 11.0.